The molecule has 3 nitrogen and oxygen atoms in total. The van der Waals surface area contributed by atoms with Gasteiger partial charge in [0.25, 0.3) is 0 Å². The Balaban J connectivity index is 2.40. The molecule has 0 heterocycles. The third-order valence-electron chi connectivity index (χ3n) is 2.41. The molecule has 0 aromatic heterocycles. The molecule has 6 heteroatoms. The summed E-state index contributed by atoms with van der Waals surface area (Å²) >= 11 is 13.8. The lowest BCUT2D eigenvalue weighted by atomic mass is 10.1. The van der Waals surface area contributed by atoms with E-state index in [1.165, 1.54) is 6.07 Å². The molecular weight excluding hydrogens is 400 g/mol. The summed E-state index contributed by atoms with van der Waals surface area (Å²) in [6.45, 7) is 0. The number of aromatic carboxylic acids is 1. The molecule has 19 heavy (non-hydrogen) atoms. The van der Waals surface area contributed by atoms with E-state index in [0.717, 1.165) is 9.26 Å². The highest BCUT2D eigenvalue weighted by Gasteiger charge is 2.12. The molecule has 0 amide bonds. The molecule has 0 saturated heterocycles. The van der Waals surface area contributed by atoms with Crippen LogP contribution in [-0.2, 0) is 0 Å². The fourth-order valence-corrected chi connectivity index (χ4v) is 2.72. The lowest BCUT2D eigenvalue weighted by Crippen LogP contribution is -2.03. The van der Waals surface area contributed by atoms with Crippen LogP contribution in [0, 0.1) is 3.57 Å². The van der Waals surface area contributed by atoms with E-state index in [9.17, 15) is 4.79 Å². The first kappa shape index (κ1) is 14.4. The number of hydrogen-bond donors (Lipinski definition) is 2. The van der Waals surface area contributed by atoms with Gasteiger partial charge in [-0.15, -0.1) is 0 Å². The molecule has 0 aliphatic heterocycles. The minimum absolute atomic E-state index is 0.123. The number of carboxylic acids is 1. The Hall–Kier alpha value is -0.980. The first-order valence-corrected chi connectivity index (χ1v) is 7.06. The summed E-state index contributed by atoms with van der Waals surface area (Å²) in [4.78, 5) is 11.2. The van der Waals surface area contributed by atoms with Crippen LogP contribution in [0.4, 0.5) is 11.4 Å². The second kappa shape index (κ2) is 5.98. The van der Waals surface area contributed by atoms with Gasteiger partial charge in [0.15, 0.2) is 0 Å². The third-order valence-corrected chi connectivity index (χ3v) is 3.78. The van der Waals surface area contributed by atoms with E-state index in [-0.39, 0.29) is 5.56 Å². The predicted molar refractivity (Wildman–Crippen MR) is 85.9 cm³/mol. The van der Waals surface area contributed by atoms with E-state index in [2.05, 4.69) is 27.9 Å². The molecule has 2 aromatic rings. The molecule has 0 saturated carbocycles. The summed E-state index contributed by atoms with van der Waals surface area (Å²) in [6, 6.07) is 10.0. The van der Waals surface area contributed by atoms with Crippen molar-refractivity contribution in [3.8, 4) is 0 Å². The molecule has 98 valence electrons. The van der Waals surface area contributed by atoms with E-state index in [4.69, 9.17) is 28.3 Å². The fourth-order valence-electron chi connectivity index (χ4n) is 1.54. The Morgan fingerprint density at radius 1 is 1.05 bits per heavy atom. The van der Waals surface area contributed by atoms with Crippen LogP contribution in [-0.4, -0.2) is 11.1 Å². The van der Waals surface area contributed by atoms with Gasteiger partial charge in [0, 0.05) is 13.6 Å². The van der Waals surface area contributed by atoms with Crippen molar-refractivity contribution < 1.29 is 9.90 Å². The molecule has 0 radical (unpaired) electrons. The zero-order chi connectivity index (χ0) is 14.0. The number of hydrogen-bond acceptors (Lipinski definition) is 2. The summed E-state index contributed by atoms with van der Waals surface area (Å²) in [6.07, 6.45) is 0. The zero-order valence-electron chi connectivity index (χ0n) is 9.45. The van der Waals surface area contributed by atoms with Crippen molar-refractivity contribution in [3.05, 3.63) is 55.6 Å². The Morgan fingerprint density at radius 3 is 2.21 bits per heavy atom. The normalized spacial score (nSPS) is 10.3. The van der Waals surface area contributed by atoms with Crippen LogP contribution in [0.25, 0.3) is 0 Å². The number of halogens is 3. The number of nitrogens with one attached hydrogen (secondary N) is 1. The van der Waals surface area contributed by atoms with Crippen LogP contribution < -0.4 is 5.32 Å². The molecule has 0 atom stereocenters. The van der Waals surface area contributed by atoms with Crippen molar-refractivity contribution >= 4 is 63.1 Å². The fraction of sp³-hybridized carbons (Fsp3) is 0. The molecule has 2 aromatic carbocycles. The maximum absolute atomic E-state index is 11.2. The van der Waals surface area contributed by atoms with E-state index in [1.807, 2.05) is 0 Å². The predicted octanol–water partition coefficient (Wildman–Crippen LogP) is 5.04. The molecule has 2 N–H and O–H groups in total. The van der Waals surface area contributed by atoms with Crippen molar-refractivity contribution in [3.63, 3.8) is 0 Å². The highest BCUT2D eigenvalue weighted by atomic mass is 127. The lowest BCUT2D eigenvalue weighted by Gasteiger charge is -2.11. The maximum atomic E-state index is 11.2. The van der Waals surface area contributed by atoms with E-state index < -0.39 is 5.97 Å². The quantitative estimate of drug-likeness (QED) is 0.700. The van der Waals surface area contributed by atoms with E-state index in [0.29, 0.717) is 15.7 Å². The van der Waals surface area contributed by atoms with Crippen LogP contribution in [0.3, 0.4) is 0 Å². The van der Waals surface area contributed by atoms with Crippen LogP contribution in [0.1, 0.15) is 10.4 Å². The van der Waals surface area contributed by atoms with Gasteiger partial charge in [-0.2, -0.15) is 0 Å². The van der Waals surface area contributed by atoms with E-state index in [1.54, 1.807) is 30.3 Å². The first-order chi connectivity index (χ1) is 8.97. The van der Waals surface area contributed by atoms with Crippen molar-refractivity contribution in [2.24, 2.45) is 0 Å². The summed E-state index contributed by atoms with van der Waals surface area (Å²) in [5.41, 5.74) is 1.39. The molecule has 0 spiro atoms. The van der Waals surface area contributed by atoms with Gasteiger partial charge in [0.2, 0.25) is 0 Å². The summed E-state index contributed by atoms with van der Waals surface area (Å²) in [7, 11) is 0. The number of anilines is 2. The molecule has 0 bridgehead atoms. The number of benzene rings is 2. The highest BCUT2D eigenvalue weighted by Crippen LogP contribution is 2.28. The molecule has 2 rings (SSSR count). The molecule has 0 fully saturated rings. The van der Waals surface area contributed by atoms with Crippen molar-refractivity contribution in [1.82, 2.24) is 0 Å². The highest BCUT2D eigenvalue weighted by molar-refractivity contribution is 14.1. The summed E-state index contributed by atoms with van der Waals surface area (Å²) in [5.74, 6) is -1.03. The van der Waals surface area contributed by atoms with Crippen LogP contribution >= 0.6 is 45.8 Å². The lowest BCUT2D eigenvalue weighted by molar-refractivity contribution is 0.0698. The number of carbonyl (C=O) groups is 1. The van der Waals surface area contributed by atoms with Crippen molar-refractivity contribution in [1.29, 1.82) is 0 Å². The minimum Gasteiger partial charge on any atom is -0.478 e. The first-order valence-electron chi connectivity index (χ1n) is 5.22. The largest absolute Gasteiger partial charge is 0.478 e. The Morgan fingerprint density at radius 2 is 1.63 bits per heavy atom. The zero-order valence-corrected chi connectivity index (χ0v) is 13.1. The number of carboxylic acid groups (broad SMARTS) is 1. The Bertz CT molecular complexity index is 647. The van der Waals surface area contributed by atoms with Crippen LogP contribution in [0.2, 0.25) is 10.0 Å². The second-order valence-electron chi connectivity index (χ2n) is 3.74. The van der Waals surface area contributed by atoms with Gasteiger partial charge in [0.1, 0.15) is 0 Å². The smallest absolute Gasteiger partial charge is 0.337 e. The Labute approximate surface area is 133 Å². The monoisotopic (exact) mass is 407 g/mol. The van der Waals surface area contributed by atoms with Crippen LogP contribution in [0.5, 0.6) is 0 Å². The van der Waals surface area contributed by atoms with Gasteiger partial charge < -0.3 is 10.4 Å². The second-order valence-corrected chi connectivity index (χ2v) is 5.78. The van der Waals surface area contributed by atoms with Crippen LogP contribution in [0.15, 0.2) is 36.4 Å². The van der Waals surface area contributed by atoms with Gasteiger partial charge in [-0.05, 0) is 59.0 Å². The summed E-state index contributed by atoms with van der Waals surface area (Å²) < 4.78 is 0.899. The minimum atomic E-state index is -1.03. The Kier molecular flexibility index (Phi) is 4.54. The molecule has 0 unspecified atom stereocenters. The van der Waals surface area contributed by atoms with Gasteiger partial charge in [-0.25, -0.2) is 4.79 Å². The standard InChI is InChI=1S/C13H8Cl2INO2/c14-7-1-3-11(9(5-7)13(18)19)17-12-4-2-8(15)6-10(12)16/h1-6,17H,(H,18,19). The molecular formula is C13H8Cl2INO2. The van der Waals surface area contributed by atoms with Crippen molar-refractivity contribution in [2.45, 2.75) is 0 Å². The maximum Gasteiger partial charge on any atom is 0.337 e. The average molecular weight is 408 g/mol. The van der Waals surface area contributed by atoms with E-state index >= 15 is 0 Å². The van der Waals surface area contributed by atoms with Gasteiger partial charge in [-0.3, -0.25) is 0 Å². The topological polar surface area (TPSA) is 49.3 Å². The van der Waals surface area contributed by atoms with Gasteiger partial charge in [-0.1, -0.05) is 23.2 Å². The summed E-state index contributed by atoms with van der Waals surface area (Å²) in [5, 5.41) is 13.2. The number of rotatable bonds is 3. The average Bonchev–Trinajstić information content (AvgIpc) is 2.34. The van der Waals surface area contributed by atoms with Gasteiger partial charge >= 0.3 is 5.97 Å². The molecule has 0 aliphatic rings. The SMILES string of the molecule is O=C(O)c1cc(Cl)ccc1Nc1ccc(Cl)cc1I. The van der Waals surface area contributed by atoms with Gasteiger partial charge in [0.05, 0.1) is 16.9 Å². The van der Waals surface area contributed by atoms with Crippen molar-refractivity contribution in [2.75, 3.05) is 5.32 Å². The third kappa shape index (κ3) is 3.52. The molecule has 0 aliphatic carbocycles.